The fourth-order valence-electron chi connectivity index (χ4n) is 4.28. The number of aryl methyl sites for hydroxylation is 2. The zero-order valence-electron chi connectivity index (χ0n) is 20.4. The molecule has 4 aromatic rings. The lowest BCUT2D eigenvalue weighted by Crippen LogP contribution is -2.46. The zero-order valence-corrected chi connectivity index (χ0v) is 20.4. The molecule has 8 heteroatoms. The number of anilines is 1. The van der Waals surface area contributed by atoms with Crippen LogP contribution in [0.4, 0.5) is 14.9 Å². The minimum absolute atomic E-state index is 0.258. The molecule has 1 aromatic heterocycles. The van der Waals surface area contributed by atoms with Gasteiger partial charge in [0.1, 0.15) is 11.6 Å². The van der Waals surface area contributed by atoms with Gasteiger partial charge in [-0.3, -0.25) is 4.90 Å². The van der Waals surface area contributed by atoms with Crippen LogP contribution in [0.2, 0.25) is 0 Å². The quantitative estimate of drug-likeness (QED) is 0.365. The fourth-order valence-corrected chi connectivity index (χ4v) is 4.28. The van der Waals surface area contributed by atoms with Crippen LogP contribution in [0, 0.1) is 19.7 Å². The predicted octanol–water partition coefficient (Wildman–Crippen LogP) is 6.20. The SMILES string of the molecule is COc1cccc(C2NC(=O)N(c3ccc(C)c(F)c3)C(C)=C2c2nc(-c3ccc(C)cc3)no2)c1. The Balaban J connectivity index is 1.66. The van der Waals surface area contributed by atoms with E-state index in [1.54, 1.807) is 33.1 Å². The number of benzene rings is 3. The number of allylic oxidation sites excluding steroid dienone is 1. The number of carbonyl (C=O) groups excluding carboxylic acids is 1. The maximum atomic E-state index is 14.4. The van der Waals surface area contributed by atoms with E-state index in [1.807, 2.05) is 55.5 Å². The number of ether oxygens (including phenoxy) is 1. The van der Waals surface area contributed by atoms with E-state index in [0.29, 0.717) is 34.1 Å². The first-order chi connectivity index (χ1) is 17.4. The summed E-state index contributed by atoms with van der Waals surface area (Å²) in [7, 11) is 1.58. The molecule has 5 rings (SSSR count). The van der Waals surface area contributed by atoms with Gasteiger partial charge in [-0.1, -0.05) is 53.2 Å². The molecule has 182 valence electrons. The summed E-state index contributed by atoms with van der Waals surface area (Å²) in [6.07, 6.45) is 0. The number of rotatable bonds is 5. The van der Waals surface area contributed by atoms with Gasteiger partial charge < -0.3 is 14.6 Å². The van der Waals surface area contributed by atoms with Crippen LogP contribution < -0.4 is 15.0 Å². The number of nitrogens with zero attached hydrogens (tertiary/aromatic N) is 3. The number of halogens is 1. The molecule has 7 nitrogen and oxygen atoms in total. The summed E-state index contributed by atoms with van der Waals surface area (Å²) >= 11 is 0. The molecule has 1 atom stereocenters. The second kappa shape index (κ2) is 9.30. The monoisotopic (exact) mass is 484 g/mol. The Morgan fingerprint density at radius 1 is 1.03 bits per heavy atom. The third-order valence-electron chi connectivity index (χ3n) is 6.29. The lowest BCUT2D eigenvalue weighted by molar-refractivity contribution is 0.244. The van der Waals surface area contributed by atoms with Gasteiger partial charge in [-0.15, -0.1) is 0 Å². The smallest absolute Gasteiger partial charge is 0.327 e. The van der Waals surface area contributed by atoms with Gasteiger partial charge in [0.25, 0.3) is 5.89 Å². The van der Waals surface area contributed by atoms with E-state index in [1.165, 1.54) is 11.0 Å². The number of hydrogen-bond donors (Lipinski definition) is 1. The molecule has 0 saturated carbocycles. The molecule has 0 fully saturated rings. The van der Waals surface area contributed by atoms with Crippen molar-refractivity contribution in [2.45, 2.75) is 26.8 Å². The number of aromatic nitrogens is 2. The number of methoxy groups -OCH3 is 1. The molecule has 1 unspecified atom stereocenters. The van der Waals surface area contributed by atoms with Crippen molar-refractivity contribution in [3.05, 3.63) is 101 Å². The Hall–Kier alpha value is -4.46. The summed E-state index contributed by atoms with van der Waals surface area (Å²) < 4.78 is 25.5. The van der Waals surface area contributed by atoms with E-state index in [4.69, 9.17) is 9.26 Å². The largest absolute Gasteiger partial charge is 0.497 e. The highest BCUT2D eigenvalue weighted by atomic mass is 19.1. The van der Waals surface area contributed by atoms with E-state index in [-0.39, 0.29) is 5.89 Å². The van der Waals surface area contributed by atoms with Gasteiger partial charge in [-0.25, -0.2) is 9.18 Å². The molecule has 0 saturated heterocycles. The maximum Gasteiger partial charge on any atom is 0.327 e. The van der Waals surface area contributed by atoms with Crippen LogP contribution in [0.3, 0.4) is 0 Å². The first-order valence-corrected chi connectivity index (χ1v) is 11.5. The van der Waals surface area contributed by atoms with Crippen LogP contribution in [-0.2, 0) is 0 Å². The highest BCUT2D eigenvalue weighted by Gasteiger charge is 2.36. The topological polar surface area (TPSA) is 80.5 Å². The van der Waals surface area contributed by atoms with Crippen molar-refractivity contribution >= 4 is 17.3 Å². The van der Waals surface area contributed by atoms with E-state index in [2.05, 4.69) is 15.5 Å². The standard InChI is InChI=1S/C28H25FN4O3/c1-16-8-11-19(12-9-16)26-31-27(36-32-26)24-18(3)33(21-13-10-17(2)23(29)15-21)28(34)30-25(24)20-6-5-7-22(14-20)35-4/h5-15,25H,1-4H3,(H,30,34). The van der Waals surface area contributed by atoms with E-state index in [0.717, 1.165) is 16.7 Å². The minimum Gasteiger partial charge on any atom is -0.497 e. The van der Waals surface area contributed by atoms with Gasteiger partial charge in [-0.05, 0) is 56.2 Å². The van der Waals surface area contributed by atoms with Crippen LogP contribution in [-0.4, -0.2) is 23.3 Å². The van der Waals surface area contributed by atoms with Gasteiger partial charge in [-0.2, -0.15) is 4.98 Å². The number of urea groups is 1. The predicted molar refractivity (Wildman–Crippen MR) is 135 cm³/mol. The molecule has 1 N–H and O–H groups in total. The molecule has 3 aromatic carbocycles. The van der Waals surface area contributed by atoms with Crippen molar-refractivity contribution in [1.82, 2.24) is 15.5 Å². The van der Waals surface area contributed by atoms with Crippen LogP contribution in [0.5, 0.6) is 5.75 Å². The number of nitrogens with one attached hydrogen (secondary N) is 1. The minimum atomic E-state index is -0.592. The molecule has 1 aliphatic heterocycles. The highest BCUT2D eigenvalue weighted by Crippen LogP contribution is 2.40. The Bertz CT molecular complexity index is 1480. The molecule has 36 heavy (non-hydrogen) atoms. The van der Waals surface area contributed by atoms with Crippen molar-refractivity contribution in [3.8, 4) is 17.1 Å². The van der Waals surface area contributed by atoms with Crippen LogP contribution in [0.1, 0.15) is 35.5 Å². The summed E-state index contributed by atoms with van der Waals surface area (Å²) in [6, 6.07) is 18.9. The molecule has 1 aliphatic rings. The van der Waals surface area contributed by atoms with Crippen molar-refractivity contribution in [2.75, 3.05) is 12.0 Å². The van der Waals surface area contributed by atoms with Crippen molar-refractivity contribution in [3.63, 3.8) is 0 Å². The van der Waals surface area contributed by atoms with Crippen LogP contribution in [0.25, 0.3) is 17.0 Å². The van der Waals surface area contributed by atoms with Crippen molar-refractivity contribution < 1.29 is 18.4 Å². The second-order valence-electron chi connectivity index (χ2n) is 8.72. The lowest BCUT2D eigenvalue weighted by Gasteiger charge is -2.35. The summed E-state index contributed by atoms with van der Waals surface area (Å²) in [5.74, 6) is 0.935. The Kier molecular flexibility index (Phi) is 6.01. The Morgan fingerprint density at radius 2 is 1.81 bits per heavy atom. The average molecular weight is 485 g/mol. The lowest BCUT2D eigenvalue weighted by atomic mass is 9.94. The van der Waals surface area contributed by atoms with Crippen LogP contribution in [0.15, 0.2) is 77.0 Å². The van der Waals surface area contributed by atoms with Gasteiger partial charge in [0, 0.05) is 11.3 Å². The van der Waals surface area contributed by atoms with Gasteiger partial charge in [0.15, 0.2) is 0 Å². The van der Waals surface area contributed by atoms with E-state index < -0.39 is 17.9 Å². The third-order valence-corrected chi connectivity index (χ3v) is 6.29. The molecule has 0 bridgehead atoms. The normalized spacial score (nSPS) is 15.8. The first kappa shape index (κ1) is 23.3. The van der Waals surface area contributed by atoms with E-state index >= 15 is 0 Å². The van der Waals surface area contributed by atoms with Crippen molar-refractivity contribution in [2.24, 2.45) is 0 Å². The average Bonchev–Trinajstić information content (AvgIpc) is 3.36. The number of amides is 2. The first-order valence-electron chi connectivity index (χ1n) is 11.5. The second-order valence-corrected chi connectivity index (χ2v) is 8.72. The summed E-state index contributed by atoms with van der Waals surface area (Å²) in [5, 5.41) is 7.22. The molecule has 2 heterocycles. The third kappa shape index (κ3) is 4.22. The summed E-state index contributed by atoms with van der Waals surface area (Å²) in [4.78, 5) is 19.4. The molecule has 0 aliphatic carbocycles. The van der Waals surface area contributed by atoms with Gasteiger partial charge >= 0.3 is 6.03 Å². The van der Waals surface area contributed by atoms with Crippen molar-refractivity contribution in [1.29, 1.82) is 0 Å². The summed E-state index contributed by atoms with van der Waals surface area (Å²) in [5.41, 5.74) is 4.75. The van der Waals surface area contributed by atoms with Gasteiger partial charge in [0.2, 0.25) is 5.82 Å². The maximum absolute atomic E-state index is 14.4. The molecule has 0 radical (unpaired) electrons. The Labute approximate surface area is 208 Å². The fraction of sp³-hybridized carbons (Fsp3) is 0.179. The zero-order chi connectivity index (χ0) is 25.4. The molecular weight excluding hydrogens is 459 g/mol. The van der Waals surface area contributed by atoms with Gasteiger partial charge in [0.05, 0.1) is 24.4 Å². The highest BCUT2D eigenvalue weighted by molar-refractivity contribution is 6.01. The van der Waals surface area contributed by atoms with E-state index in [9.17, 15) is 9.18 Å². The Morgan fingerprint density at radius 3 is 2.53 bits per heavy atom. The number of hydrogen-bond acceptors (Lipinski definition) is 5. The molecular formula is C28H25FN4O3. The molecule has 2 amide bonds. The molecule has 0 spiro atoms. The number of carbonyl (C=O) groups is 1. The van der Waals surface area contributed by atoms with Crippen LogP contribution >= 0.6 is 0 Å². The summed E-state index contributed by atoms with van der Waals surface area (Å²) in [6.45, 7) is 5.47.